The SMILES string of the molecule is [SiH4].c1nnn[nH]1. The minimum Gasteiger partial charge on any atom is -0.246 e. The predicted octanol–water partition coefficient (Wildman–Crippen LogP) is -2.25. The maximum atomic E-state index is 3.31. The Bertz CT molecular complexity index is 64.0. The number of nitrogens with zero attached hydrogens (tertiary/aromatic N) is 3. The van der Waals surface area contributed by atoms with Gasteiger partial charge in [-0.25, -0.2) is 5.10 Å². The Hall–Kier alpha value is -0.713. The molecule has 4 nitrogen and oxygen atoms in total. The Morgan fingerprint density at radius 3 is 2.50 bits per heavy atom. The zero-order valence-corrected chi connectivity index (χ0v) is 2.42. The molecule has 1 N–H and O–H groups in total. The van der Waals surface area contributed by atoms with Crippen LogP contribution in [-0.2, 0) is 0 Å². The second kappa shape index (κ2) is 2.52. The number of tetrazole rings is 1. The van der Waals surface area contributed by atoms with Crippen molar-refractivity contribution in [2.75, 3.05) is 0 Å². The van der Waals surface area contributed by atoms with Crippen molar-refractivity contribution in [3.63, 3.8) is 0 Å². The number of hydrogen-bond acceptors (Lipinski definition) is 3. The summed E-state index contributed by atoms with van der Waals surface area (Å²) in [7, 11) is 0. The Morgan fingerprint density at radius 2 is 2.33 bits per heavy atom. The van der Waals surface area contributed by atoms with Crippen molar-refractivity contribution >= 4 is 11.0 Å². The molecule has 0 aliphatic carbocycles. The van der Waals surface area contributed by atoms with Gasteiger partial charge in [0.1, 0.15) is 6.33 Å². The third-order valence-corrected chi connectivity index (χ3v) is 0.270. The molecule has 0 amide bonds. The van der Waals surface area contributed by atoms with Crippen molar-refractivity contribution in [3.8, 4) is 0 Å². The topological polar surface area (TPSA) is 54.5 Å². The van der Waals surface area contributed by atoms with Gasteiger partial charge in [-0.05, 0) is 21.4 Å². The molecule has 1 aromatic rings. The summed E-state index contributed by atoms with van der Waals surface area (Å²) < 4.78 is 0. The number of H-pyrrole nitrogens is 1. The van der Waals surface area contributed by atoms with E-state index < -0.39 is 0 Å². The quantitative estimate of drug-likeness (QED) is 0.376. The van der Waals surface area contributed by atoms with Gasteiger partial charge in [0.2, 0.25) is 0 Å². The lowest BCUT2D eigenvalue weighted by atomic mass is 11.4. The molecule has 0 aliphatic rings. The van der Waals surface area contributed by atoms with Crippen LogP contribution < -0.4 is 0 Å². The molecular weight excluding hydrogens is 96.1 g/mol. The summed E-state index contributed by atoms with van der Waals surface area (Å²) in [5, 5.41) is 12.1. The van der Waals surface area contributed by atoms with Crippen LogP contribution >= 0.6 is 0 Å². The fourth-order valence-corrected chi connectivity index (χ4v) is 0.129. The summed E-state index contributed by atoms with van der Waals surface area (Å²) in [5.74, 6) is 0. The lowest BCUT2D eigenvalue weighted by Gasteiger charge is -1.42. The van der Waals surface area contributed by atoms with Crippen molar-refractivity contribution in [3.05, 3.63) is 6.33 Å². The first-order valence-corrected chi connectivity index (χ1v) is 1.17. The van der Waals surface area contributed by atoms with Crippen molar-refractivity contribution < 1.29 is 0 Å². The van der Waals surface area contributed by atoms with E-state index in [0.29, 0.717) is 0 Å². The molecule has 0 unspecified atom stereocenters. The summed E-state index contributed by atoms with van der Waals surface area (Å²) in [6.45, 7) is 0. The molecule has 0 fully saturated rings. The zero-order valence-electron chi connectivity index (χ0n) is 2.42. The van der Waals surface area contributed by atoms with Crippen molar-refractivity contribution in [2.45, 2.75) is 0 Å². The van der Waals surface area contributed by atoms with Crippen LogP contribution in [0.4, 0.5) is 0 Å². The first kappa shape index (κ1) is 5.29. The highest BCUT2D eigenvalue weighted by Crippen LogP contribution is 1.43. The number of nitrogens with one attached hydrogen (secondary N) is 1. The summed E-state index contributed by atoms with van der Waals surface area (Å²) in [6.07, 6.45) is 1.40. The Balaban J connectivity index is 0.000000250. The van der Waals surface area contributed by atoms with Gasteiger partial charge in [0.25, 0.3) is 0 Å². The van der Waals surface area contributed by atoms with Crippen LogP contribution in [0.2, 0.25) is 0 Å². The molecule has 5 heteroatoms. The normalized spacial score (nSPS) is 6.67. The molecule has 0 aliphatic heterocycles. The molecule has 0 radical (unpaired) electrons. The number of aromatic nitrogens is 4. The average Bonchev–Trinajstić information content (AvgIpc) is 1.76. The Morgan fingerprint density at radius 1 is 1.50 bits per heavy atom. The monoisotopic (exact) mass is 102 g/mol. The summed E-state index contributed by atoms with van der Waals surface area (Å²) in [5.41, 5.74) is 0. The van der Waals surface area contributed by atoms with Gasteiger partial charge < -0.3 is 0 Å². The molecule has 0 spiro atoms. The van der Waals surface area contributed by atoms with Gasteiger partial charge in [-0.3, -0.25) is 0 Å². The van der Waals surface area contributed by atoms with Crippen LogP contribution in [0.25, 0.3) is 0 Å². The van der Waals surface area contributed by atoms with Gasteiger partial charge in [0.05, 0.1) is 0 Å². The first-order valence-electron chi connectivity index (χ1n) is 1.17. The van der Waals surface area contributed by atoms with Crippen molar-refractivity contribution in [1.29, 1.82) is 0 Å². The number of rotatable bonds is 0. The predicted molar refractivity (Wildman–Crippen MR) is 25.5 cm³/mol. The van der Waals surface area contributed by atoms with E-state index in [0.717, 1.165) is 0 Å². The fourth-order valence-electron chi connectivity index (χ4n) is 0.129. The molecule has 0 atom stereocenters. The molecule has 1 rings (SSSR count). The highest BCUT2D eigenvalue weighted by atomic mass is 28.1. The van der Waals surface area contributed by atoms with E-state index in [1.54, 1.807) is 0 Å². The Labute approximate surface area is 39.0 Å². The second-order valence-corrected chi connectivity index (χ2v) is 0.563. The molecule has 1 heterocycles. The molecule has 0 saturated heterocycles. The minimum atomic E-state index is 0. The summed E-state index contributed by atoms with van der Waals surface area (Å²) in [4.78, 5) is 0. The highest BCUT2D eigenvalue weighted by Gasteiger charge is 1.58. The summed E-state index contributed by atoms with van der Waals surface area (Å²) >= 11 is 0. The Kier molecular flexibility index (Phi) is 2.22. The highest BCUT2D eigenvalue weighted by molar-refractivity contribution is 5.75. The second-order valence-electron chi connectivity index (χ2n) is 0.563. The lowest BCUT2D eigenvalue weighted by molar-refractivity contribution is 0.881. The van der Waals surface area contributed by atoms with Crippen LogP contribution in [0.5, 0.6) is 0 Å². The number of hydrogen-bond donors (Lipinski definition) is 1. The maximum Gasteiger partial charge on any atom is 0.135 e. The van der Waals surface area contributed by atoms with Crippen LogP contribution in [0.1, 0.15) is 0 Å². The minimum absolute atomic E-state index is 0. The van der Waals surface area contributed by atoms with Crippen LogP contribution in [0.3, 0.4) is 0 Å². The van der Waals surface area contributed by atoms with E-state index in [9.17, 15) is 0 Å². The van der Waals surface area contributed by atoms with E-state index in [1.165, 1.54) is 6.33 Å². The van der Waals surface area contributed by atoms with Gasteiger partial charge in [-0.2, -0.15) is 0 Å². The smallest absolute Gasteiger partial charge is 0.135 e. The lowest BCUT2D eigenvalue weighted by Crippen LogP contribution is -1.64. The third-order valence-electron chi connectivity index (χ3n) is 0.270. The van der Waals surface area contributed by atoms with E-state index in [4.69, 9.17) is 0 Å². The molecule has 0 bridgehead atoms. The van der Waals surface area contributed by atoms with Crippen LogP contribution in [0.15, 0.2) is 6.33 Å². The summed E-state index contributed by atoms with van der Waals surface area (Å²) in [6, 6.07) is 0. The van der Waals surface area contributed by atoms with Gasteiger partial charge >= 0.3 is 0 Å². The van der Waals surface area contributed by atoms with E-state index in [2.05, 4.69) is 20.6 Å². The van der Waals surface area contributed by atoms with Gasteiger partial charge in [-0.15, -0.1) is 5.10 Å². The zero-order chi connectivity index (χ0) is 3.54. The van der Waals surface area contributed by atoms with Gasteiger partial charge in [-0.1, -0.05) is 0 Å². The standard InChI is InChI=1S/CH2N4.H4Si/c1-2-4-5-3-1;/h1H,(H,2,3,4,5);1H4. The molecule has 0 aromatic carbocycles. The third kappa shape index (κ3) is 0.935. The van der Waals surface area contributed by atoms with Crippen molar-refractivity contribution in [1.82, 2.24) is 20.6 Å². The van der Waals surface area contributed by atoms with E-state index >= 15 is 0 Å². The first-order chi connectivity index (χ1) is 2.50. The average molecular weight is 102 g/mol. The fraction of sp³-hybridized carbons (Fsp3) is 0. The van der Waals surface area contributed by atoms with E-state index in [1.807, 2.05) is 0 Å². The van der Waals surface area contributed by atoms with Crippen LogP contribution in [-0.4, -0.2) is 31.6 Å². The molecule has 6 heavy (non-hydrogen) atoms. The van der Waals surface area contributed by atoms with E-state index in [-0.39, 0.29) is 11.0 Å². The molecule has 1 aromatic heterocycles. The maximum absolute atomic E-state index is 3.31. The van der Waals surface area contributed by atoms with Crippen molar-refractivity contribution in [2.24, 2.45) is 0 Å². The van der Waals surface area contributed by atoms with Crippen LogP contribution in [0, 0.1) is 0 Å². The largest absolute Gasteiger partial charge is 0.246 e. The van der Waals surface area contributed by atoms with Gasteiger partial charge in [0.15, 0.2) is 0 Å². The molecular formula is CH6N4Si. The number of aromatic amines is 1. The molecule has 0 saturated carbocycles. The molecule has 34 valence electrons. The van der Waals surface area contributed by atoms with Gasteiger partial charge in [0, 0.05) is 0 Å².